The topological polar surface area (TPSA) is 93.9 Å². The van der Waals surface area contributed by atoms with Crippen molar-refractivity contribution in [3.63, 3.8) is 0 Å². The third-order valence-electron chi connectivity index (χ3n) is 6.84. The second-order valence-corrected chi connectivity index (χ2v) is 11.2. The van der Waals surface area contributed by atoms with Gasteiger partial charge in [0.25, 0.3) is 0 Å². The van der Waals surface area contributed by atoms with Crippen LogP contribution in [0.25, 0.3) is 11.3 Å². The number of rotatable bonds is 9. The maximum absolute atomic E-state index is 11.1. The zero-order valence-electron chi connectivity index (χ0n) is 20.0. The van der Waals surface area contributed by atoms with Gasteiger partial charge in [-0.05, 0) is 67.5 Å². The summed E-state index contributed by atoms with van der Waals surface area (Å²) in [5.74, 6) is 1.39. The molecule has 2 fully saturated rings. The lowest BCUT2D eigenvalue weighted by atomic mass is 9.65. The maximum atomic E-state index is 11.1. The lowest BCUT2D eigenvalue weighted by molar-refractivity contribution is 0.0167. The largest absolute Gasteiger partial charge is 0.473 e. The number of hydrogen-bond donors (Lipinski definition) is 2. The van der Waals surface area contributed by atoms with Gasteiger partial charge in [-0.15, -0.1) is 0 Å². The van der Waals surface area contributed by atoms with Crippen molar-refractivity contribution in [1.82, 2.24) is 5.16 Å². The summed E-state index contributed by atoms with van der Waals surface area (Å²) in [5.41, 5.74) is 8.60. The van der Waals surface area contributed by atoms with Crippen LogP contribution in [-0.4, -0.2) is 21.6 Å². The molecular weight excluding hydrogens is 577 g/mol. The number of nitrogens with two attached hydrogens (primary N) is 1. The molecule has 3 N–H and O–H groups in total. The van der Waals surface area contributed by atoms with Crippen molar-refractivity contribution in [1.29, 1.82) is 0 Å². The Morgan fingerprint density at radius 3 is 2.57 bits per heavy atom. The smallest absolute Gasteiger partial charge is 0.203 e. The molecule has 2 saturated carbocycles. The first kappa shape index (κ1) is 26.0. The second-order valence-electron chi connectivity index (χ2n) is 9.48. The summed E-state index contributed by atoms with van der Waals surface area (Å²) in [4.78, 5) is 4.41. The zero-order chi connectivity index (χ0) is 26.2. The number of hydrogen-bond acceptors (Lipinski definition) is 6. The first-order valence-electron chi connectivity index (χ1n) is 12.0. The molecule has 9 heteroatoms. The zero-order valence-corrected chi connectivity index (χ0v) is 23.1. The molecule has 0 radical (unpaired) electrons. The van der Waals surface area contributed by atoms with E-state index < -0.39 is 5.60 Å². The van der Waals surface area contributed by atoms with Gasteiger partial charge in [0.1, 0.15) is 23.7 Å². The molecule has 0 spiro atoms. The van der Waals surface area contributed by atoms with Crippen LogP contribution in [0.4, 0.5) is 0 Å². The van der Waals surface area contributed by atoms with E-state index in [1.807, 2.05) is 12.1 Å². The molecule has 2 aromatic carbocycles. The Labute approximate surface area is 233 Å². The third-order valence-corrected chi connectivity index (χ3v) is 7.96. The number of nitrogens with zero attached hydrogens (tertiary/aromatic N) is 2. The van der Waals surface area contributed by atoms with E-state index in [4.69, 9.17) is 38.2 Å². The minimum atomic E-state index is -1.06. The van der Waals surface area contributed by atoms with Crippen molar-refractivity contribution >= 4 is 44.8 Å². The highest BCUT2D eigenvalue weighted by atomic mass is 79.9. The van der Waals surface area contributed by atoms with Crippen LogP contribution in [0.1, 0.15) is 54.4 Å². The van der Waals surface area contributed by atoms with Gasteiger partial charge in [-0.3, -0.25) is 4.99 Å². The van der Waals surface area contributed by atoms with Gasteiger partial charge in [-0.1, -0.05) is 69.1 Å². The predicted molar refractivity (Wildman–Crippen MR) is 150 cm³/mol. The number of aromatic nitrogens is 1. The summed E-state index contributed by atoms with van der Waals surface area (Å²) in [5, 5.41) is 16.3. The standard InChI is InChI=1S/C28H26BrCl2N3O3/c1-2-23(28(35)12-18(13-28)17-5-3-6-19(29)11-17)33-14-24(32)36-15-20-26(34-37-27(20)16-9-10-16)25-21(30)7-4-8-22(25)31/h2-8,11,14,16,18,35H,1,9-10,12-13,15,32H2/b24-14+,33-23+. The fraction of sp³-hybridized carbons (Fsp3) is 0.286. The molecule has 0 saturated heterocycles. The highest BCUT2D eigenvalue weighted by Gasteiger charge is 2.46. The molecule has 2 aliphatic carbocycles. The minimum Gasteiger partial charge on any atom is -0.473 e. The highest BCUT2D eigenvalue weighted by Crippen LogP contribution is 2.47. The fourth-order valence-electron chi connectivity index (χ4n) is 4.70. The van der Waals surface area contributed by atoms with Gasteiger partial charge in [-0.2, -0.15) is 0 Å². The SMILES string of the molecule is C=C/C(=N\C=C(/N)OCc1c(-c2c(Cl)cccc2Cl)noc1C1CC1)C1(O)CC(c2cccc(Br)c2)C1. The number of aliphatic hydroxyl groups is 1. The van der Waals surface area contributed by atoms with Crippen LogP contribution in [0, 0.1) is 0 Å². The monoisotopic (exact) mass is 601 g/mol. The van der Waals surface area contributed by atoms with Crippen molar-refractivity contribution in [3.05, 3.63) is 98.6 Å². The molecule has 1 aromatic heterocycles. The molecule has 0 amide bonds. The number of halogens is 3. The average Bonchev–Trinajstić information content (AvgIpc) is 3.61. The third kappa shape index (κ3) is 5.50. The molecule has 1 heterocycles. The number of ether oxygens (including phenoxy) is 1. The number of aliphatic imine (C=N–C) groups is 1. The Morgan fingerprint density at radius 2 is 1.92 bits per heavy atom. The molecule has 2 aliphatic rings. The van der Waals surface area contributed by atoms with Gasteiger partial charge in [0.05, 0.1) is 27.5 Å². The number of benzene rings is 2. The van der Waals surface area contributed by atoms with E-state index in [0.717, 1.165) is 28.6 Å². The fourth-order valence-corrected chi connectivity index (χ4v) is 5.69. The van der Waals surface area contributed by atoms with Crippen molar-refractivity contribution in [2.75, 3.05) is 0 Å². The van der Waals surface area contributed by atoms with E-state index in [-0.39, 0.29) is 18.4 Å². The first-order chi connectivity index (χ1) is 17.8. The van der Waals surface area contributed by atoms with Gasteiger partial charge in [0.15, 0.2) is 0 Å². The van der Waals surface area contributed by atoms with E-state index in [2.05, 4.69) is 44.8 Å². The Hall–Kier alpha value is -2.58. The summed E-state index contributed by atoms with van der Waals surface area (Å²) in [6.45, 7) is 3.94. The molecule has 6 nitrogen and oxygen atoms in total. The second kappa shape index (κ2) is 10.7. The summed E-state index contributed by atoms with van der Waals surface area (Å²) >= 11 is 16.4. The summed E-state index contributed by atoms with van der Waals surface area (Å²) in [7, 11) is 0. The Bertz CT molecular complexity index is 1370. The summed E-state index contributed by atoms with van der Waals surface area (Å²) in [6, 6.07) is 13.4. The van der Waals surface area contributed by atoms with Crippen LogP contribution < -0.4 is 5.73 Å². The maximum Gasteiger partial charge on any atom is 0.203 e. The van der Waals surface area contributed by atoms with Crippen LogP contribution in [0.15, 0.2) is 81.2 Å². The molecule has 3 aromatic rings. The Kier molecular flexibility index (Phi) is 7.50. The van der Waals surface area contributed by atoms with E-state index in [1.165, 1.54) is 11.8 Å². The molecular formula is C28H26BrCl2N3O3. The molecule has 0 bridgehead atoms. The van der Waals surface area contributed by atoms with Crippen LogP contribution in [0.5, 0.6) is 0 Å². The lowest BCUT2D eigenvalue weighted by Crippen LogP contribution is -2.48. The lowest BCUT2D eigenvalue weighted by Gasteiger charge is -2.44. The molecule has 5 rings (SSSR count). The minimum absolute atomic E-state index is 0.0879. The summed E-state index contributed by atoms with van der Waals surface area (Å²) in [6.07, 6.45) is 6.11. The van der Waals surface area contributed by atoms with Crippen molar-refractivity contribution in [2.24, 2.45) is 10.7 Å². The molecule has 0 atom stereocenters. The Balaban J connectivity index is 1.30. The van der Waals surface area contributed by atoms with Crippen molar-refractivity contribution in [3.8, 4) is 11.3 Å². The van der Waals surface area contributed by atoms with E-state index >= 15 is 0 Å². The molecule has 0 aliphatic heterocycles. The quantitative estimate of drug-likeness (QED) is 0.195. The predicted octanol–water partition coefficient (Wildman–Crippen LogP) is 7.50. The summed E-state index contributed by atoms with van der Waals surface area (Å²) < 4.78 is 12.5. The van der Waals surface area contributed by atoms with Gasteiger partial charge < -0.3 is 20.1 Å². The van der Waals surface area contributed by atoms with Gasteiger partial charge in [0.2, 0.25) is 5.88 Å². The van der Waals surface area contributed by atoms with Crippen molar-refractivity contribution < 1.29 is 14.4 Å². The van der Waals surface area contributed by atoms with Crippen LogP contribution >= 0.6 is 39.1 Å². The van der Waals surface area contributed by atoms with E-state index in [9.17, 15) is 5.11 Å². The van der Waals surface area contributed by atoms with E-state index in [0.29, 0.717) is 45.8 Å². The van der Waals surface area contributed by atoms with Crippen LogP contribution in [-0.2, 0) is 11.3 Å². The van der Waals surface area contributed by atoms with Crippen LogP contribution in [0.3, 0.4) is 0 Å². The Morgan fingerprint density at radius 1 is 1.22 bits per heavy atom. The van der Waals surface area contributed by atoms with Gasteiger partial charge in [-0.25, -0.2) is 0 Å². The van der Waals surface area contributed by atoms with Gasteiger partial charge >= 0.3 is 0 Å². The van der Waals surface area contributed by atoms with Crippen LogP contribution in [0.2, 0.25) is 10.0 Å². The van der Waals surface area contributed by atoms with Gasteiger partial charge in [0, 0.05) is 16.0 Å². The van der Waals surface area contributed by atoms with E-state index in [1.54, 1.807) is 24.3 Å². The van der Waals surface area contributed by atoms with Crippen molar-refractivity contribution in [2.45, 2.75) is 49.7 Å². The molecule has 0 unspecified atom stereocenters. The normalized spacial score (nSPS) is 22.0. The average molecular weight is 603 g/mol. The molecule has 192 valence electrons. The first-order valence-corrected chi connectivity index (χ1v) is 13.5. The highest BCUT2D eigenvalue weighted by molar-refractivity contribution is 9.10. The molecule has 37 heavy (non-hydrogen) atoms.